The van der Waals surface area contributed by atoms with Crippen LogP contribution in [0.25, 0.3) is 0 Å². The second-order valence-corrected chi connectivity index (χ2v) is 6.56. The summed E-state index contributed by atoms with van der Waals surface area (Å²) in [5.41, 5.74) is 5.69. The van der Waals surface area contributed by atoms with Gasteiger partial charge < -0.3 is 10.5 Å². The van der Waals surface area contributed by atoms with Gasteiger partial charge in [-0.2, -0.15) is 0 Å². The first-order chi connectivity index (χ1) is 9.48. The molecule has 0 aliphatic carbocycles. The van der Waals surface area contributed by atoms with Crippen LogP contribution in [-0.2, 0) is 9.84 Å². The number of nitrogens with two attached hydrogens (primary N) is 1. The highest BCUT2D eigenvalue weighted by atomic mass is 32.2. The number of rotatable bonds is 6. The van der Waals surface area contributed by atoms with Crippen molar-refractivity contribution in [3.63, 3.8) is 0 Å². The Labute approximate surface area is 119 Å². The summed E-state index contributed by atoms with van der Waals surface area (Å²) in [6, 6.07) is 4.01. The van der Waals surface area contributed by atoms with Crippen LogP contribution >= 0.6 is 0 Å². The average Bonchev–Trinajstić information content (AvgIpc) is 2.43. The average molecular weight is 299 g/mol. The lowest BCUT2D eigenvalue weighted by Crippen LogP contribution is -2.12. The molecule has 1 aromatic carbocycles. The van der Waals surface area contributed by atoms with Crippen LogP contribution in [-0.4, -0.2) is 33.1 Å². The van der Waals surface area contributed by atoms with Crippen molar-refractivity contribution in [2.75, 3.05) is 24.7 Å². The van der Waals surface area contributed by atoms with E-state index in [1.165, 1.54) is 18.2 Å². The number of halogens is 1. The molecular formula is C14H18FNO3S. The Morgan fingerprint density at radius 2 is 2.15 bits per heavy atom. The third-order valence-electron chi connectivity index (χ3n) is 2.56. The fourth-order valence-corrected chi connectivity index (χ4v) is 2.32. The molecule has 4 nitrogen and oxygen atoms in total. The summed E-state index contributed by atoms with van der Waals surface area (Å²) < 4.78 is 41.2. The molecule has 0 bridgehead atoms. The summed E-state index contributed by atoms with van der Waals surface area (Å²) in [6.07, 6.45) is 0.386. The van der Waals surface area contributed by atoms with E-state index in [-0.39, 0.29) is 24.7 Å². The SMILES string of the molecule is CCS(=O)(=O)CCCOc1ccc(F)cc1C#CCN. The van der Waals surface area contributed by atoms with Gasteiger partial charge in [0, 0.05) is 5.75 Å². The minimum Gasteiger partial charge on any atom is -0.492 e. The standard InChI is InChI=1S/C14H18FNO3S/c1-2-20(17,18)10-4-9-19-14-7-6-13(15)11-12(14)5-3-8-16/h6-7,11H,2,4,8-10,16H2,1H3. The van der Waals surface area contributed by atoms with Gasteiger partial charge in [-0.3, -0.25) is 0 Å². The Morgan fingerprint density at radius 3 is 2.80 bits per heavy atom. The molecule has 0 spiro atoms. The van der Waals surface area contributed by atoms with Crippen molar-refractivity contribution in [1.82, 2.24) is 0 Å². The second kappa shape index (κ2) is 7.88. The molecule has 0 saturated heterocycles. The minimum atomic E-state index is -2.99. The molecular weight excluding hydrogens is 281 g/mol. The maximum atomic E-state index is 13.1. The van der Waals surface area contributed by atoms with Crippen LogP contribution in [0.15, 0.2) is 18.2 Å². The molecule has 0 heterocycles. The molecule has 0 atom stereocenters. The predicted molar refractivity (Wildman–Crippen MR) is 76.8 cm³/mol. The predicted octanol–water partition coefficient (Wildman–Crippen LogP) is 1.34. The number of sulfone groups is 1. The highest BCUT2D eigenvalue weighted by molar-refractivity contribution is 7.91. The van der Waals surface area contributed by atoms with E-state index in [1.807, 2.05) is 0 Å². The van der Waals surface area contributed by atoms with Crippen molar-refractivity contribution in [3.8, 4) is 17.6 Å². The minimum absolute atomic E-state index is 0.0779. The fourth-order valence-electron chi connectivity index (χ4n) is 1.48. The molecule has 6 heteroatoms. The van der Waals surface area contributed by atoms with E-state index in [9.17, 15) is 12.8 Å². The van der Waals surface area contributed by atoms with Crippen LogP contribution in [0.2, 0.25) is 0 Å². The monoisotopic (exact) mass is 299 g/mol. The zero-order valence-electron chi connectivity index (χ0n) is 11.4. The maximum absolute atomic E-state index is 13.1. The summed E-state index contributed by atoms with van der Waals surface area (Å²) in [7, 11) is -2.99. The maximum Gasteiger partial charge on any atom is 0.150 e. The Morgan fingerprint density at radius 1 is 1.40 bits per heavy atom. The lowest BCUT2D eigenvalue weighted by atomic mass is 10.2. The van der Waals surface area contributed by atoms with E-state index in [1.54, 1.807) is 6.92 Å². The first kappa shape index (κ1) is 16.5. The Kier molecular flexibility index (Phi) is 6.49. The molecule has 0 fully saturated rings. The van der Waals surface area contributed by atoms with Crippen molar-refractivity contribution < 1.29 is 17.5 Å². The van der Waals surface area contributed by atoms with E-state index < -0.39 is 15.7 Å². The van der Waals surface area contributed by atoms with Gasteiger partial charge in [-0.15, -0.1) is 0 Å². The van der Waals surface area contributed by atoms with E-state index in [0.717, 1.165) is 0 Å². The molecule has 0 aromatic heterocycles. The van der Waals surface area contributed by atoms with Gasteiger partial charge >= 0.3 is 0 Å². The largest absolute Gasteiger partial charge is 0.492 e. The van der Waals surface area contributed by atoms with Gasteiger partial charge in [0.05, 0.1) is 24.5 Å². The van der Waals surface area contributed by atoms with Crippen molar-refractivity contribution in [2.24, 2.45) is 5.73 Å². The van der Waals surface area contributed by atoms with Crippen LogP contribution in [0.3, 0.4) is 0 Å². The van der Waals surface area contributed by atoms with Crippen molar-refractivity contribution in [1.29, 1.82) is 0 Å². The highest BCUT2D eigenvalue weighted by Crippen LogP contribution is 2.19. The van der Waals surface area contributed by atoms with Crippen LogP contribution < -0.4 is 10.5 Å². The Hall–Kier alpha value is -1.58. The Bertz CT molecular complexity index is 603. The zero-order chi connectivity index (χ0) is 15.0. The van der Waals surface area contributed by atoms with Gasteiger partial charge in [0.1, 0.15) is 21.4 Å². The Balaban J connectivity index is 2.64. The summed E-state index contributed by atoms with van der Waals surface area (Å²) in [5, 5.41) is 0. The van der Waals surface area contributed by atoms with Gasteiger partial charge in [0.15, 0.2) is 0 Å². The molecule has 0 radical (unpaired) electrons. The van der Waals surface area contributed by atoms with Crippen LogP contribution in [0.4, 0.5) is 4.39 Å². The number of hydrogen-bond donors (Lipinski definition) is 1. The van der Waals surface area contributed by atoms with E-state index in [0.29, 0.717) is 17.7 Å². The van der Waals surface area contributed by atoms with Crippen molar-refractivity contribution in [3.05, 3.63) is 29.6 Å². The van der Waals surface area contributed by atoms with Crippen LogP contribution in [0.1, 0.15) is 18.9 Å². The lowest BCUT2D eigenvalue weighted by Gasteiger charge is -2.08. The topological polar surface area (TPSA) is 69.4 Å². The quantitative estimate of drug-likeness (QED) is 0.636. The molecule has 0 amide bonds. The molecule has 0 aliphatic heterocycles. The molecule has 0 aliphatic rings. The summed E-state index contributed by atoms with van der Waals surface area (Å²) in [6.45, 7) is 2.02. The van der Waals surface area contributed by atoms with E-state index in [2.05, 4.69) is 11.8 Å². The molecule has 110 valence electrons. The van der Waals surface area contributed by atoms with Gasteiger partial charge in [-0.1, -0.05) is 18.8 Å². The van der Waals surface area contributed by atoms with Gasteiger partial charge in [-0.05, 0) is 24.6 Å². The third-order valence-corrected chi connectivity index (χ3v) is 4.35. The summed E-state index contributed by atoms with van der Waals surface area (Å²) in [4.78, 5) is 0. The number of benzene rings is 1. The highest BCUT2D eigenvalue weighted by Gasteiger charge is 2.08. The normalized spacial score (nSPS) is 10.8. The van der Waals surface area contributed by atoms with Gasteiger partial charge in [0.25, 0.3) is 0 Å². The third kappa shape index (κ3) is 5.59. The van der Waals surface area contributed by atoms with Crippen molar-refractivity contribution in [2.45, 2.75) is 13.3 Å². The molecule has 1 aromatic rings. The van der Waals surface area contributed by atoms with Crippen LogP contribution in [0.5, 0.6) is 5.75 Å². The summed E-state index contributed by atoms with van der Waals surface area (Å²) in [5.74, 6) is 5.58. The number of hydrogen-bond acceptors (Lipinski definition) is 4. The van der Waals surface area contributed by atoms with E-state index >= 15 is 0 Å². The first-order valence-electron chi connectivity index (χ1n) is 6.30. The fraction of sp³-hybridized carbons (Fsp3) is 0.429. The molecule has 1 rings (SSSR count). The zero-order valence-corrected chi connectivity index (χ0v) is 12.2. The second-order valence-electron chi connectivity index (χ2n) is 4.08. The first-order valence-corrected chi connectivity index (χ1v) is 8.12. The summed E-state index contributed by atoms with van der Waals surface area (Å²) >= 11 is 0. The molecule has 2 N–H and O–H groups in total. The van der Waals surface area contributed by atoms with Gasteiger partial charge in [-0.25, -0.2) is 12.8 Å². The molecule has 0 saturated carbocycles. The smallest absolute Gasteiger partial charge is 0.150 e. The van der Waals surface area contributed by atoms with Gasteiger partial charge in [0.2, 0.25) is 0 Å². The molecule has 20 heavy (non-hydrogen) atoms. The molecule has 0 unspecified atom stereocenters. The van der Waals surface area contributed by atoms with Crippen molar-refractivity contribution >= 4 is 9.84 Å². The lowest BCUT2D eigenvalue weighted by molar-refractivity contribution is 0.316. The van der Waals surface area contributed by atoms with E-state index in [4.69, 9.17) is 10.5 Å². The van der Waals surface area contributed by atoms with Crippen LogP contribution in [0, 0.1) is 17.7 Å². The number of ether oxygens (including phenoxy) is 1.